The van der Waals surface area contributed by atoms with Crippen LogP contribution in [0.3, 0.4) is 0 Å². The molecule has 0 aromatic heterocycles. The largest absolute Gasteiger partial charge is 0.455 e. The summed E-state index contributed by atoms with van der Waals surface area (Å²) in [5.74, 6) is -2.31. The molecule has 2 amide bonds. The molecule has 1 aliphatic heterocycles. The molecule has 0 aliphatic carbocycles. The Morgan fingerprint density at radius 1 is 1.17 bits per heavy atom. The van der Waals surface area contributed by atoms with Gasteiger partial charge in [0.05, 0.1) is 5.92 Å². The molecule has 3 rings (SSSR count). The number of rotatable bonds is 6. The zero-order chi connectivity index (χ0) is 21.0. The second-order valence-electron chi connectivity index (χ2n) is 7.10. The van der Waals surface area contributed by atoms with E-state index in [0.29, 0.717) is 5.56 Å². The molecule has 6 nitrogen and oxygen atoms in total. The molecule has 152 valence electrons. The average Bonchev–Trinajstić information content (AvgIpc) is 3.09. The average molecular weight is 398 g/mol. The maximum atomic E-state index is 13.6. The summed E-state index contributed by atoms with van der Waals surface area (Å²) in [4.78, 5) is 38.2. The molecule has 1 fully saturated rings. The Morgan fingerprint density at radius 2 is 1.93 bits per heavy atom. The first-order valence-corrected chi connectivity index (χ1v) is 9.40. The number of nitrogens with zero attached hydrogens (tertiary/aromatic N) is 1. The number of nitrogens with one attached hydrogen (secondary N) is 1. The van der Waals surface area contributed by atoms with Gasteiger partial charge in [-0.1, -0.05) is 30.3 Å². The van der Waals surface area contributed by atoms with Crippen LogP contribution < -0.4 is 10.2 Å². The lowest BCUT2D eigenvalue weighted by molar-refractivity contribution is -0.152. The molecular weight excluding hydrogens is 375 g/mol. The van der Waals surface area contributed by atoms with Gasteiger partial charge >= 0.3 is 5.97 Å². The number of ether oxygens (including phenoxy) is 1. The fourth-order valence-electron chi connectivity index (χ4n) is 3.27. The molecule has 2 aromatic rings. The Hall–Kier alpha value is -3.22. The predicted octanol–water partition coefficient (Wildman–Crippen LogP) is 2.66. The van der Waals surface area contributed by atoms with Gasteiger partial charge in [0.2, 0.25) is 5.91 Å². The Balaban J connectivity index is 1.51. The van der Waals surface area contributed by atoms with Crippen molar-refractivity contribution < 1.29 is 23.5 Å². The van der Waals surface area contributed by atoms with E-state index in [9.17, 15) is 18.8 Å². The molecule has 1 N–H and O–H groups in total. The SMILES string of the molecule is Cc1cccc(N2C[C@@H](C(=O)OCC(=O)NCc3ccccc3F)CC2=O)c1C. The van der Waals surface area contributed by atoms with E-state index in [-0.39, 0.29) is 25.4 Å². The van der Waals surface area contributed by atoms with Gasteiger partial charge in [0.1, 0.15) is 5.82 Å². The lowest BCUT2D eigenvalue weighted by Crippen LogP contribution is -2.31. The smallest absolute Gasteiger partial charge is 0.311 e. The number of aryl methyl sites for hydroxylation is 1. The van der Waals surface area contributed by atoms with Crippen LogP contribution in [0.25, 0.3) is 0 Å². The van der Waals surface area contributed by atoms with Crippen LogP contribution in [0.5, 0.6) is 0 Å². The molecule has 1 atom stereocenters. The van der Waals surface area contributed by atoms with Crippen LogP contribution in [0.2, 0.25) is 0 Å². The van der Waals surface area contributed by atoms with Crippen LogP contribution in [0.1, 0.15) is 23.1 Å². The molecule has 0 unspecified atom stereocenters. The number of esters is 1. The van der Waals surface area contributed by atoms with Gasteiger partial charge in [0.25, 0.3) is 5.91 Å². The summed E-state index contributed by atoms with van der Waals surface area (Å²) >= 11 is 0. The lowest BCUT2D eigenvalue weighted by atomic mass is 10.1. The number of halogens is 1. The third kappa shape index (κ3) is 4.80. The molecular formula is C22H23FN2O4. The number of hydrogen-bond acceptors (Lipinski definition) is 4. The summed E-state index contributed by atoms with van der Waals surface area (Å²) in [7, 11) is 0. The van der Waals surface area contributed by atoms with Crippen LogP contribution in [0.15, 0.2) is 42.5 Å². The van der Waals surface area contributed by atoms with Crippen molar-refractivity contribution in [2.24, 2.45) is 5.92 Å². The third-order valence-corrected chi connectivity index (χ3v) is 5.10. The van der Waals surface area contributed by atoms with Gasteiger partial charge in [-0.3, -0.25) is 14.4 Å². The molecule has 7 heteroatoms. The fraction of sp³-hybridized carbons (Fsp3) is 0.318. The maximum absolute atomic E-state index is 13.6. The van der Waals surface area contributed by atoms with Gasteiger partial charge in [0.15, 0.2) is 6.61 Å². The van der Waals surface area contributed by atoms with E-state index in [1.165, 1.54) is 6.07 Å². The van der Waals surface area contributed by atoms with Crippen LogP contribution in [-0.2, 0) is 25.7 Å². The van der Waals surface area contributed by atoms with Gasteiger partial charge in [-0.2, -0.15) is 0 Å². The van der Waals surface area contributed by atoms with Gasteiger partial charge in [-0.15, -0.1) is 0 Å². The first-order chi connectivity index (χ1) is 13.9. The van der Waals surface area contributed by atoms with Crippen molar-refractivity contribution >= 4 is 23.5 Å². The van der Waals surface area contributed by atoms with Gasteiger partial charge in [-0.25, -0.2) is 4.39 Å². The standard InChI is InChI=1S/C22H23FN2O4/c1-14-6-5-9-19(15(14)2)25-12-17(10-21(25)27)22(28)29-13-20(26)24-11-16-7-3-4-8-18(16)23/h3-9,17H,10-13H2,1-2H3,(H,24,26)/t17-/m0/s1. The molecule has 1 aliphatic rings. The minimum atomic E-state index is -0.623. The number of anilines is 1. The number of benzene rings is 2. The van der Waals surface area contributed by atoms with E-state index in [1.54, 1.807) is 23.1 Å². The topological polar surface area (TPSA) is 75.7 Å². The zero-order valence-electron chi connectivity index (χ0n) is 16.4. The molecule has 0 spiro atoms. The van der Waals surface area contributed by atoms with E-state index < -0.39 is 30.2 Å². The second kappa shape index (κ2) is 8.86. The molecule has 0 bridgehead atoms. The van der Waals surface area contributed by atoms with E-state index in [4.69, 9.17) is 4.74 Å². The lowest BCUT2D eigenvalue weighted by Gasteiger charge is -2.20. The molecule has 29 heavy (non-hydrogen) atoms. The van der Waals surface area contributed by atoms with Crippen molar-refractivity contribution in [2.75, 3.05) is 18.1 Å². The first kappa shape index (κ1) is 20.5. The molecule has 2 aromatic carbocycles. The van der Waals surface area contributed by atoms with Gasteiger partial charge in [0, 0.05) is 30.8 Å². The van der Waals surface area contributed by atoms with Crippen LogP contribution in [0, 0.1) is 25.6 Å². The van der Waals surface area contributed by atoms with E-state index in [1.807, 2.05) is 32.0 Å². The monoisotopic (exact) mass is 398 g/mol. The first-order valence-electron chi connectivity index (χ1n) is 9.40. The minimum absolute atomic E-state index is 0.00534. The summed E-state index contributed by atoms with van der Waals surface area (Å²) in [6, 6.07) is 11.8. The quantitative estimate of drug-likeness (QED) is 0.759. The Bertz CT molecular complexity index is 944. The fourth-order valence-corrected chi connectivity index (χ4v) is 3.27. The van der Waals surface area contributed by atoms with E-state index >= 15 is 0 Å². The number of amides is 2. The van der Waals surface area contributed by atoms with Gasteiger partial charge < -0.3 is 15.0 Å². The van der Waals surface area contributed by atoms with Crippen LogP contribution in [0.4, 0.5) is 10.1 Å². The summed E-state index contributed by atoms with van der Waals surface area (Å²) in [5.41, 5.74) is 3.18. The van der Waals surface area contributed by atoms with Crippen molar-refractivity contribution in [2.45, 2.75) is 26.8 Å². The molecule has 1 saturated heterocycles. The Morgan fingerprint density at radius 3 is 2.69 bits per heavy atom. The molecule has 0 radical (unpaired) electrons. The second-order valence-corrected chi connectivity index (χ2v) is 7.10. The molecule has 0 saturated carbocycles. The Kier molecular flexibility index (Phi) is 6.26. The van der Waals surface area contributed by atoms with Crippen molar-refractivity contribution in [3.63, 3.8) is 0 Å². The maximum Gasteiger partial charge on any atom is 0.311 e. The minimum Gasteiger partial charge on any atom is -0.455 e. The van der Waals surface area contributed by atoms with Crippen molar-refractivity contribution in [3.05, 3.63) is 65.0 Å². The van der Waals surface area contributed by atoms with E-state index in [0.717, 1.165) is 16.8 Å². The van der Waals surface area contributed by atoms with Crippen LogP contribution >= 0.6 is 0 Å². The normalized spacial score (nSPS) is 16.0. The van der Waals surface area contributed by atoms with Crippen molar-refractivity contribution in [1.29, 1.82) is 0 Å². The van der Waals surface area contributed by atoms with E-state index in [2.05, 4.69) is 5.32 Å². The van der Waals surface area contributed by atoms with Gasteiger partial charge in [-0.05, 0) is 37.1 Å². The zero-order valence-corrected chi connectivity index (χ0v) is 16.4. The van der Waals surface area contributed by atoms with Crippen molar-refractivity contribution in [1.82, 2.24) is 5.32 Å². The summed E-state index contributed by atoms with van der Waals surface area (Å²) in [5, 5.41) is 2.51. The number of carbonyl (C=O) groups is 3. The summed E-state index contributed by atoms with van der Waals surface area (Å²) < 4.78 is 18.6. The summed E-state index contributed by atoms with van der Waals surface area (Å²) in [6.45, 7) is 3.65. The highest BCUT2D eigenvalue weighted by molar-refractivity contribution is 6.00. The molecule has 1 heterocycles. The highest BCUT2D eigenvalue weighted by Gasteiger charge is 2.37. The Labute approximate surface area is 168 Å². The third-order valence-electron chi connectivity index (χ3n) is 5.10. The highest BCUT2D eigenvalue weighted by Crippen LogP contribution is 2.29. The summed E-state index contributed by atoms with van der Waals surface area (Å²) in [6.07, 6.45) is 0.0447. The number of hydrogen-bond donors (Lipinski definition) is 1. The number of carbonyl (C=O) groups excluding carboxylic acids is 3. The van der Waals surface area contributed by atoms with Crippen molar-refractivity contribution in [3.8, 4) is 0 Å². The predicted molar refractivity (Wildman–Crippen MR) is 106 cm³/mol. The highest BCUT2D eigenvalue weighted by atomic mass is 19.1. The van der Waals surface area contributed by atoms with Crippen LogP contribution in [-0.4, -0.2) is 30.9 Å².